The Labute approximate surface area is 160 Å². The van der Waals surface area contributed by atoms with E-state index in [1.807, 2.05) is 42.6 Å². The highest BCUT2D eigenvalue weighted by Gasteiger charge is 2.09. The SMILES string of the molecule is CCN(CC)CCCOc1ccc2ncc(-c3ccc(CC#N)cc3)n2n1. The van der Waals surface area contributed by atoms with Crippen molar-refractivity contribution in [2.45, 2.75) is 26.7 Å². The van der Waals surface area contributed by atoms with Crippen LogP contribution in [0.4, 0.5) is 0 Å². The zero-order valence-electron chi connectivity index (χ0n) is 15.9. The Morgan fingerprint density at radius 3 is 2.59 bits per heavy atom. The average molecular weight is 363 g/mol. The van der Waals surface area contributed by atoms with E-state index in [1.54, 1.807) is 4.52 Å². The number of rotatable bonds is 9. The van der Waals surface area contributed by atoms with Crippen LogP contribution in [0.1, 0.15) is 25.8 Å². The molecule has 6 nitrogen and oxygen atoms in total. The Kier molecular flexibility index (Phi) is 6.39. The fraction of sp³-hybridized carbons (Fsp3) is 0.381. The van der Waals surface area contributed by atoms with Crippen LogP contribution in [0.3, 0.4) is 0 Å². The summed E-state index contributed by atoms with van der Waals surface area (Å²) in [6.07, 6.45) is 3.20. The lowest BCUT2D eigenvalue weighted by molar-refractivity contribution is 0.242. The van der Waals surface area contributed by atoms with Gasteiger partial charge < -0.3 is 9.64 Å². The molecule has 0 unspecified atom stereocenters. The molecule has 0 spiro atoms. The van der Waals surface area contributed by atoms with Gasteiger partial charge in [-0.25, -0.2) is 9.50 Å². The van der Waals surface area contributed by atoms with E-state index in [9.17, 15) is 0 Å². The lowest BCUT2D eigenvalue weighted by Gasteiger charge is -2.17. The van der Waals surface area contributed by atoms with Crippen LogP contribution in [0.5, 0.6) is 5.88 Å². The minimum Gasteiger partial charge on any atom is -0.477 e. The van der Waals surface area contributed by atoms with Crippen molar-refractivity contribution < 1.29 is 4.74 Å². The number of nitrogens with zero attached hydrogens (tertiary/aromatic N) is 5. The average Bonchev–Trinajstić information content (AvgIpc) is 3.12. The minimum atomic E-state index is 0.414. The molecule has 2 heterocycles. The standard InChI is InChI=1S/C21H25N5O/c1-3-25(4-2)14-5-15-27-21-11-10-20-23-16-19(26(20)24-21)18-8-6-17(7-9-18)12-13-22/h6-11,16H,3-5,12,14-15H2,1-2H3. The second-order valence-corrected chi connectivity index (χ2v) is 6.35. The predicted octanol–water partition coefficient (Wildman–Crippen LogP) is 3.57. The molecule has 0 aliphatic rings. The molecule has 0 saturated heterocycles. The van der Waals surface area contributed by atoms with E-state index in [2.05, 4.69) is 34.9 Å². The number of hydrogen-bond donors (Lipinski definition) is 0. The molecule has 0 amide bonds. The third-order valence-electron chi connectivity index (χ3n) is 4.63. The molecular weight excluding hydrogens is 338 g/mol. The van der Waals surface area contributed by atoms with E-state index in [0.717, 1.165) is 48.5 Å². The zero-order chi connectivity index (χ0) is 19.1. The van der Waals surface area contributed by atoms with E-state index in [-0.39, 0.29) is 0 Å². The van der Waals surface area contributed by atoms with Gasteiger partial charge in [-0.2, -0.15) is 5.26 Å². The van der Waals surface area contributed by atoms with Crippen molar-refractivity contribution in [2.75, 3.05) is 26.2 Å². The highest BCUT2D eigenvalue weighted by atomic mass is 16.5. The molecule has 3 aromatic rings. The first-order valence-electron chi connectivity index (χ1n) is 9.41. The Morgan fingerprint density at radius 2 is 1.89 bits per heavy atom. The largest absolute Gasteiger partial charge is 0.477 e. The fourth-order valence-corrected chi connectivity index (χ4v) is 3.02. The summed E-state index contributed by atoms with van der Waals surface area (Å²) in [6.45, 7) is 8.14. The van der Waals surface area contributed by atoms with Gasteiger partial charge in [0.25, 0.3) is 0 Å². The lowest BCUT2D eigenvalue weighted by atomic mass is 10.1. The highest BCUT2D eigenvalue weighted by molar-refractivity contribution is 5.63. The number of hydrogen-bond acceptors (Lipinski definition) is 5. The maximum absolute atomic E-state index is 8.80. The van der Waals surface area contributed by atoms with Crippen molar-refractivity contribution in [3.8, 4) is 23.2 Å². The number of fused-ring (bicyclic) bond motifs is 1. The second-order valence-electron chi connectivity index (χ2n) is 6.35. The molecule has 0 saturated carbocycles. The third kappa shape index (κ3) is 4.63. The van der Waals surface area contributed by atoms with Crippen LogP contribution in [0.2, 0.25) is 0 Å². The van der Waals surface area contributed by atoms with Gasteiger partial charge in [-0.15, -0.1) is 5.10 Å². The Morgan fingerprint density at radius 1 is 1.11 bits per heavy atom. The second kappa shape index (κ2) is 9.15. The van der Waals surface area contributed by atoms with Crippen molar-refractivity contribution >= 4 is 5.65 Å². The van der Waals surface area contributed by atoms with Crippen LogP contribution < -0.4 is 4.74 Å². The summed E-state index contributed by atoms with van der Waals surface area (Å²) in [7, 11) is 0. The Bertz CT molecular complexity index is 906. The van der Waals surface area contributed by atoms with Crippen molar-refractivity contribution in [3.05, 3.63) is 48.2 Å². The van der Waals surface area contributed by atoms with Crippen LogP contribution in [-0.2, 0) is 6.42 Å². The molecule has 0 fully saturated rings. The summed E-state index contributed by atoms with van der Waals surface area (Å²) in [5, 5.41) is 13.4. The van der Waals surface area contributed by atoms with Crippen molar-refractivity contribution in [1.82, 2.24) is 19.5 Å². The molecule has 1 aromatic carbocycles. The quantitative estimate of drug-likeness (QED) is 0.544. The van der Waals surface area contributed by atoms with E-state index in [0.29, 0.717) is 18.9 Å². The van der Waals surface area contributed by atoms with Crippen LogP contribution in [0.25, 0.3) is 16.9 Å². The fourth-order valence-electron chi connectivity index (χ4n) is 3.02. The highest BCUT2D eigenvalue weighted by Crippen LogP contribution is 2.22. The summed E-state index contributed by atoms with van der Waals surface area (Å²) in [6, 6.07) is 13.9. The van der Waals surface area contributed by atoms with Crippen molar-refractivity contribution in [3.63, 3.8) is 0 Å². The summed E-state index contributed by atoms with van der Waals surface area (Å²) in [5.41, 5.74) is 3.69. The molecule has 0 bridgehead atoms. The topological polar surface area (TPSA) is 66.5 Å². The molecule has 0 atom stereocenters. The normalized spacial score (nSPS) is 11.0. The van der Waals surface area contributed by atoms with Gasteiger partial charge in [0.1, 0.15) is 0 Å². The van der Waals surface area contributed by atoms with Gasteiger partial charge in [0.05, 0.1) is 31.0 Å². The maximum atomic E-state index is 8.80. The first-order valence-corrected chi connectivity index (χ1v) is 9.41. The number of benzene rings is 1. The minimum absolute atomic E-state index is 0.414. The van der Waals surface area contributed by atoms with Gasteiger partial charge >= 0.3 is 0 Å². The zero-order valence-corrected chi connectivity index (χ0v) is 15.9. The molecular formula is C21H25N5O. The van der Waals surface area contributed by atoms with Gasteiger partial charge in [0.15, 0.2) is 5.65 Å². The molecule has 0 radical (unpaired) electrons. The van der Waals surface area contributed by atoms with E-state index in [1.165, 1.54) is 0 Å². The summed E-state index contributed by atoms with van der Waals surface area (Å²) < 4.78 is 7.65. The van der Waals surface area contributed by atoms with Crippen LogP contribution in [0.15, 0.2) is 42.6 Å². The number of ether oxygens (including phenoxy) is 1. The van der Waals surface area contributed by atoms with Crippen LogP contribution in [-0.4, -0.2) is 45.7 Å². The summed E-state index contributed by atoms with van der Waals surface area (Å²) in [4.78, 5) is 6.80. The van der Waals surface area contributed by atoms with E-state index < -0.39 is 0 Å². The number of nitriles is 1. The van der Waals surface area contributed by atoms with Crippen LogP contribution in [0, 0.1) is 11.3 Å². The van der Waals surface area contributed by atoms with E-state index in [4.69, 9.17) is 10.00 Å². The maximum Gasteiger partial charge on any atom is 0.231 e. The monoisotopic (exact) mass is 363 g/mol. The molecule has 0 aliphatic carbocycles. The molecule has 0 N–H and O–H groups in total. The first-order chi connectivity index (χ1) is 13.2. The number of imidazole rings is 1. The van der Waals surface area contributed by atoms with Gasteiger partial charge in [0.2, 0.25) is 5.88 Å². The van der Waals surface area contributed by atoms with Gasteiger partial charge in [-0.05, 0) is 31.1 Å². The van der Waals surface area contributed by atoms with E-state index >= 15 is 0 Å². The Balaban J connectivity index is 1.71. The van der Waals surface area contributed by atoms with Crippen molar-refractivity contribution in [1.29, 1.82) is 5.26 Å². The third-order valence-corrected chi connectivity index (χ3v) is 4.63. The molecule has 0 aliphatic heterocycles. The molecule has 140 valence electrons. The first kappa shape index (κ1) is 18.9. The Hall–Kier alpha value is -2.91. The predicted molar refractivity (Wildman–Crippen MR) is 106 cm³/mol. The van der Waals surface area contributed by atoms with Gasteiger partial charge in [-0.1, -0.05) is 38.1 Å². The molecule has 2 aromatic heterocycles. The van der Waals surface area contributed by atoms with Crippen molar-refractivity contribution in [2.24, 2.45) is 0 Å². The lowest BCUT2D eigenvalue weighted by Crippen LogP contribution is -2.25. The summed E-state index contributed by atoms with van der Waals surface area (Å²) in [5.74, 6) is 0.599. The molecule has 27 heavy (non-hydrogen) atoms. The smallest absolute Gasteiger partial charge is 0.231 e. The molecule has 6 heteroatoms. The molecule has 3 rings (SSSR count). The van der Waals surface area contributed by atoms with Crippen LogP contribution >= 0.6 is 0 Å². The number of aromatic nitrogens is 3. The van der Waals surface area contributed by atoms with Gasteiger partial charge in [0, 0.05) is 18.2 Å². The summed E-state index contributed by atoms with van der Waals surface area (Å²) >= 11 is 0. The van der Waals surface area contributed by atoms with Gasteiger partial charge in [-0.3, -0.25) is 0 Å².